The predicted octanol–water partition coefficient (Wildman–Crippen LogP) is 4.36. The molecule has 0 unspecified atom stereocenters. The number of benzene rings is 2. The summed E-state index contributed by atoms with van der Waals surface area (Å²) >= 11 is 0. The summed E-state index contributed by atoms with van der Waals surface area (Å²) in [4.78, 5) is 2.50. The summed E-state index contributed by atoms with van der Waals surface area (Å²) < 4.78 is 13.2. The zero-order valence-corrected chi connectivity index (χ0v) is 16.2. The Morgan fingerprint density at radius 2 is 1.70 bits per heavy atom. The van der Waals surface area contributed by atoms with Crippen LogP contribution in [0.2, 0.25) is 0 Å². The van der Waals surface area contributed by atoms with Crippen LogP contribution in [-0.4, -0.2) is 30.2 Å². The van der Waals surface area contributed by atoms with Crippen LogP contribution in [0.1, 0.15) is 22.4 Å². The minimum Gasteiger partial charge on any atom is -0.493 e. The lowest BCUT2D eigenvalue weighted by Crippen LogP contribution is -2.30. The standard InChI is InChI=1S/C23H26N2O2/c1-17-6-4-7-20(12-17)25-10-5-8-21(25)16-24-11-9-18-13-22(26-2)23(27-3)14-19(18)15-24/h4-8,10,12-14H,9,11,15-16H2,1-3H3. The van der Waals surface area contributed by atoms with Crippen molar-refractivity contribution in [2.75, 3.05) is 20.8 Å². The van der Waals surface area contributed by atoms with Crippen LogP contribution in [0.4, 0.5) is 0 Å². The molecule has 2 aromatic carbocycles. The fourth-order valence-corrected chi connectivity index (χ4v) is 3.88. The highest BCUT2D eigenvalue weighted by molar-refractivity contribution is 5.48. The normalized spacial score (nSPS) is 14.0. The number of rotatable bonds is 5. The molecule has 0 aliphatic carbocycles. The third kappa shape index (κ3) is 3.58. The van der Waals surface area contributed by atoms with Crippen molar-refractivity contribution in [3.8, 4) is 17.2 Å². The van der Waals surface area contributed by atoms with Crippen LogP contribution in [0.3, 0.4) is 0 Å². The molecule has 0 amide bonds. The van der Waals surface area contributed by atoms with Gasteiger partial charge in [-0.2, -0.15) is 0 Å². The van der Waals surface area contributed by atoms with Crippen molar-refractivity contribution in [1.29, 1.82) is 0 Å². The number of methoxy groups -OCH3 is 2. The molecule has 0 spiro atoms. The molecular formula is C23H26N2O2. The number of nitrogens with zero attached hydrogens (tertiary/aromatic N) is 2. The summed E-state index contributed by atoms with van der Waals surface area (Å²) in [5, 5.41) is 0. The van der Waals surface area contributed by atoms with Crippen molar-refractivity contribution in [1.82, 2.24) is 9.47 Å². The highest BCUT2D eigenvalue weighted by atomic mass is 16.5. The molecule has 0 fully saturated rings. The lowest BCUT2D eigenvalue weighted by atomic mass is 9.98. The largest absolute Gasteiger partial charge is 0.493 e. The van der Waals surface area contributed by atoms with Gasteiger partial charge in [-0.1, -0.05) is 12.1 Å². The lowest BCUT2D eigenvalue weighted by molar-refractivity contribution is 0.240. The van der Waals surface area contributed by atoms with E-state index in [4.69, 9.17) is 9.47 Å². The topological polar surface area (TPSA) is 26.6 Å². The Morgan fingerprint density at radius 1 is 0.926 bits per heavy atom. The van der Waals surface area contributed by atoms with Crippen molar-refractivity contribution in [2.45, 2.75) is 26.4 Å². The number of hydrogen-bond donors (Lipinski definition) is 0. The van der Waals surface area contributed by atoms with Gasteiger partial charge >= 0.3 is 0 Å². The Hall–Kier alpha value is -2.72. The van der Waals surface area contributed by atoms with Crippen LogP contribution >= 0.6 is 0 Å². The molecule has 0 bridgehead atoms. The highest BCUT2D eigenvalue weighted by Crippen LogP contribution is 2.33. The molecule has 0 radical (unpaired) electrons. The number of ether oxygens (including phenoxy) is 2. The summed E-state index contributed by atoms with van der Waals surface area (Å²) in [6, 6.07) is 17.2. The van der Waals surface area contributed by atoms with Gasteiger partial charge in [-0.15, -0.1) is 0 Å². The van der Waals surface area contributed by atoms with E-state index in [1.165, 1.54) is 28.1 Å². The fraction of sp³-hybridized carbons (Fsp3) is 0.304. The van der Waals surface area contributed by atoms with Gasteiger partial charge in [0.25, 0.3) is 0 Å². The Morgan fingerprint density at radius 3 is 2.44 bits per heavy atom. The molecule has 0 atom stereocenters. The first-order valence-corrected chi connectivity index (χ1v) is 9.37. The molecule has 1 aliphatic heterocycles. The quantitative estimate of drug-likeness (QED) is 0.675. The zero-order chi connectivity index (χ0) is 18.8. The van der Waals surface area contributed by atoms with Gasteiger partial charge in [-0.3, -0.25) is 4.90 Å². The zero-order valence-electron chi connectivity index (χ0n) is 16.2. The van der Waals surface area contributed by atoms with E-state index >= 15 is 0 Å². The first-order chi connectivity index (χ1) is 13.2. The minimum atomic E-state index is 0.807. The van der Waals surface area contributed by atoms with Crippen molar-refractivity contribution >= 4 is 0 Å². The number of aromatic nitrogens is 1. The van der Waals surface area contributed by atoms with Crippen LogP contribution in [-0.2, 0) is 19.5 Å². The van der Waals surface area contributed by atoms with Gasteiger partial charge in [-0.25, -0.2) is 0 Å². The maximum absolute atomic E-state index is 5.48. The van der Waals surface area contributed by atoms with E-state index in [9.17, 15) is 0 Å². The van der Waals surface area contributed by atoms with Gasteiger partial charge in [0, 0.05) is 37.2 Å². The van der Waals surface area contributed by atoms with Gasteiger partial charge in [-0.05, 0) is 66.4 Å². The van der Waals surface area contributed by atoms with E-state index in [0.29, 0.717) is 0 Å². The van der Waals surface area contributed by atoms with E-state index < -0.39 is 0 Å². The third-order valence-electron chi connectivity index (χ3n) is 5.30. The summed E-state index contributed by atoms with van der Waals surface area (Å²) in [7, 11) is 3.39. The fourth-order valence-electron chi connectivity index (χ4n) is 3.88. The van der Waals surface area contributed by atoms with Crippen LogP contribution in [0.25, 0.3) is 5.69 Å². The first-order valence-electron chi connectivity index (χ1n) is 9.37. The lowest BCUT2D eigenvalue weighted by Gasteiger charge is -2.30. The average Bonchev–Trinajstić information content (AvgIpc) is 3.15. The molecule has 1 aliphatic rings. The molecule has 4 nitrogen and oxygen atoms in total. The van der Waals surface area contributed by atoms with Crippen LogP contribution in [0.5, 0.6) is 11.5 Å². The molecular weight excluding hydrogens is 336 g/mol. The van der Waals surface area contributed by atoms with E-state index in [1.54, 1.807) is 14.2 Å². The smallest absolute Gasteiger partial charge is 0.161 e. The number of fused-ring (bicyclic) bond motifs is 1. The minimum absolute atomic E-state index is 0.807. The van der Waals surface area contributed by atoms with Crippen molar-refractivity contribution in [3.05, 3.63) is 77.1 Å². The molecule has 2 heterocycles. The van der Waals surface area contributed by atoms with Gasteiger partial charge in [0.1, 0.15) is 0 Å². The molecule has 0 saturated heterocycles. The van der Waals surface area contributed by atoms with Gasteiger partial charge < -0.3 is 14.0 Å². The summed E-state index contributed by atoms with van der Waals surface area (Å²) in [6.07, 6.45) is 3.18. The molecule has 4 heteroatoms. The Balaban J connectivity index is 1.55. The average molecular weight is 362 g/mol. The molecule has 1 aromatic heterocycles. The SMILES string of the molecule is COc1cc2c(cc1OC)CN(Cc1cccn1-c1cccc(C)c1)CC2. The van der Waals surface area contributed by atoms with E-state index in [-0.39, 0.29) is 0 Å². The first kappa shape index (κ1) is 17.7. The van der Waals surface area contributed by atoms with Gasteiger partial charge in [0.2, 0.25) is 0 Å². The van der Waals surface area contributed by atoms with Crippen LogP contribution < -0.4 is 9.47 Å². The van der Waals surface area contributed by atoms with Crippen LogP contribution in [0, 0.1) is 6.92 Å². The predicted molar refractivity (Wildman–Crippen MR) is 108 cm³/mol. The second-order valence-electron chi connectivity index (χ2n) is 7.15. The second-order valence-corrected chi connectivity index (χ2v) is 7.15. The summed E-state index contributed by atoms with van der Waals surface area (Å²) in [6.45, 7) is 5.03. The van der Waals surface area contributed by atoms with Crippen molar-refractivity contribution < 1.29 is 9.47 Å². The Bertz CT molecular complexity index is 945. The number of aryl methyl sites for hydroxylation is 1. The molecule has 4 rings (SSSR count). The Kier molecular flexibility index (Phi) is 4.90. The van der Waals surface area contributed by atoms with Gasteiger partial charge in [0.05, 0.1) is 14.2 Å². The summed E-state index contributed by atoms with van der Waals surface area (Å²) in [5.41, 5.74) is 6.49. The summed E-state index contributed by atoms with van der Waals surface area (Å²) in [5.74, 6) is 1.62. The molecule has 0 N–H and O–H groups in total. The second kappa shape index (κ2) is 7.49. The molecule has 0 saturated carbocycles. The van der Waals surface area contributed by atoms with Gasteiger partial charge in [0.15, 0.2) is 11.5 Å². The van der Waals surface area contributed by atoms with E-state index in [2.05, 4.69) is 71.1 Å². The molecule has 3 aromatic rings. The third-order valence-corrected chi connectivity index (χ3v) is 5.30. The van der Waals surface area contributed by atoms with Crippen molar-refractivity contribution in [3.63, 3.8) is 0 Å². The maximum atomic E-state index is 5.48. The monoisotopic (exact) mass is 362 g/mol. The van der Waals surface area contributed by atoms with E-state index in [1.807, 2.05) is 0 Å². The van der Waals surface area contributed by atoms with Crippen LogP contribution in [0.15, 0.2) is 54.7 Å². The highest BCUT2D eigenvalue weighted by Gasteiger charge is 2.20. The molecule has 140 valence electrons. The molecule has 27 heavy (non-hydrogen) atoms. The van der Waals surface area contributed by atoms with Crippen molar-refractivity contribution in [2.24, 2.45) is 0 Å². The number of hydrogen-bond acceptors (Lipinski definition) is 3. The van der Waals surface area contributed by atoms with E-state index in [0.717, 1.165) is 37.6 Å². The maximum Gasteiger partial charge on any atom is 0.161 e. The Labute approximate surface area is 161 Å².